The van der Waals surface area contributed by atoms with Crippen LogP contribution in [0.3, 0.4) is 0 Å². The number of ether oxygens (including phenoxy) is 1. The molecule has 19 heavy (non-hydrogen) atoms. The average Bonchev–Trinajstić information content (AvgIpc) is 3.02. The lowest BCUT2D eigenvalue weighted by atomic mass is 9.75. The molecule has 104 valence electrons. The Balaban J connectivity index is 1.88. The summed E-state index contributed by atoms with van der Waals surface area (Å²) in [6.45, 7) is 4.31. The summed E-state index contributed by atoms with van der Waals surface area (Å²) >= 11 is 0. The normalized spacial score (nSPS) is 25.9. The zero-order valence-electron chi connectivity index (χ0n) is 12.0. The maximum atomic E-state index is 10.8. The molecule has 3 rings (SSSR count). The van der Waals surface area contributed by atoms with Crippen molar-refractivity contribution in [1.29, 1.82) is 0 Å². The highest BCUT2D eigenvalue weighted by Crippen LogP contribution is 2.50. The number of fused-ring (bicyclic) bond motifs is 1. The predicted octanol–water partition coefficient (Wildman–Crippen LogP) is 4.01. The molecule has 1 fully saturated rings. The molecule has 0 spiro atoms. The third-order valence-corrected chi connectivity index (χ3v) is 5.12. The maximum absolute atomic E-state index is 10.8. The summed E-state index contributed by atoms with van der Waals surface area (Å²) < 4.78 is 5.74. The molecule has 0 saturated heterocycles. The summed E-state index contributed by atoms with van der Waals surface area (Å²) in [7, 11) is 0. The first-order chi connectivity index (χ1) is 9.14. The van der Waals surface area contributed by atoms with E-state index in [1.165, 1.54) is 18.4 Å². The summed E-state index contributed by atoms with van der Waals surface area (Å²) in [4.78, 5) is 0. The van der Waals surface area contributed by atoms with Crippen LogP contribution in [0.25, 0.3) is 0 Å². The fourth-order valence-corrected chi connectivity index (χ4v) is 3.87. The largest absolute Gasteiger partial charge is 0.490 e. The Hall–Kier alpha value is -1.02. The summed E-state index contributed by atoms with van der Waals surface area (Å²) in [5, 5.41) is 10.8. The van der Waals surface area contributed by atoms with Crippen LogP contribution in [-0.4, -0.2) is 11.2 Å². The summed E-state index contributed by atoms with van der Waals surface area (Å²) in [5.41, 5.74) is 2.45. The van der Waals surface area contributed by atoms with Gasteiger partial charge < -0.3 is 9.84 Å². The molecule has 1 aliphatic heterocycles. The van der Waals surface area contributed by atoms with E-state index < -0.39 is 0 Å². The van der Waals surface area contributed by atoms with E-state index in [2.05, 4.69) is 26.0 Å². The Morgan fingerprint density at radius 2 is 2.11 bits per heavy atom. The molecule has 1 heterocycles. The molecule has 2 atom stereocenters. The monoisotopic (exact) mass is 260 g/mol. The van der Waals surface area contributed by atoms with E-state index in [9.17, 15) is 5.11 Å². The van der Waals surface area contributed by atoms with E-state index in [0.29, 0.717) is 0 Å². The van der Waals surface area contributed by atoms with Gasteiger partial charge in [0.15, 0.2) is 0 Å². The molecule has 1 N–H and O–H groups in total. The van der Waals surface area contributed by atoms with Gasteiger partial charge in [-0.2, -0.15) is 0 Å². The Morgan fingerprint density at radius 1 is 1.37 bits per heavy atom. The van der Waals surface area contributed by atoms with Crippen LogP contribution < -0.4 is 4.74 Å². The first-order valence-electron chi connectivity index (χ1n) is 7.62. The number of hydrogen-bond donors (Lipinski definition) is 1. The van der Waals surface area contributed by atoms with Gasteiger partial charge in [0.25, 0.3) is 0 Å². The predicted molar refractivity (Wildman–Crippen MR) is 76.4 cm³/mol. The van der Waals surface area contributed by atoms with Crippen molar-refractivity contribution in [3.8, 4) is 5.75 Å². The number of rotatable bonds is 3. The molecule has 1 aromatic carbocycles. The molecule has 0 bridgehead atoms. The highest BCUT2D eigenvalue weighted by Gasteiger charge is 2.40. The quantitative estimate of drug-likeness (QED) is 0.889. The van der Waals surface area contributed by atoms with E-state index >= 15 is 0 Å². The summed E-state index contributed by atoms with van der Waals surface area (Å²) in [6.07, 6.45) is 6.83. The van der Waals surface area contributed by atoms with Crippen molar-refractivity contribution >= 4 is 0 Å². The summed E-state index contributed by atoms with van der Waals surface area (Å²) in [6, 6.07) is 6.26. The molecule has 2 aliphatic rings. The lowest BCUT2D eigenvalue weighted by molar-refractivity contribution is 0.0237. The van der Waals surface area contributed by atoms with Crippen LogP contribution >= 0.6 is 0 Å². The first kappa shape index (κ1) is 13.0. The molecule has 0 radical (unpaired) electrons. The van der Waals surface area contributed by atoms with Gasteiger partial charge in [-0.15, -0.1) is 0 Å². The minimum absolute atomic E-state index is 0.110. The van der Waals surface area contributed by atoms with E-state index in [-0.39, 0.29) is 17.6 Å². The van der Waals surface area contributed by atoms with Crippen LogP contribution in [0, 0.1) is 5.41 Å². The van der Waals surface area contributed by atoms with E-state index in [0.717, 1.165) is 37.0 Å². The van der Waals surface area contributed by atoms with Crippen molar-refractivity contribution in [1.82, 2.24) is 0 Å². The molecule has 2 nitrogen and oxygen atoms in total. The van der Waals surface area contributed by atoms with Gasteiger partial charge in [-0.05, 0) is 49.4 Å². The van der Waals surface area contributed by atoms with Crippen LogP contribution in [0.5, 0.6) is 5.75 Å². The molecule has 0 aromatic heterocycles. The van der Waals surface area contributed by atoms with Gasteiger partial charge in [-0.25, -0.2) is 0 Å². The van der Waals surface area contributed by atoms with E-state index in [1.807, 2.05) is 6.07 Å². The van der Waals surface area contributed by atoms with Gasteiger partial charge in [-0.1, -0.05) is 25.8 Å². The van der Waals surface area contributed by atoms with E-state index in [1.54, 1.807) is 0 Å². The summed E-state index contributed by atoms with van der Waals surface area (Å²) in [5.74, 6) is 1.00. The second-order valence-corrected chi connectivity index (χ2v) is 6.33. The van der Waals surface area contributed by atoms with Gasteiger partial charge >= 0.3 is 0 Å². The molecule has 1 aromatic rings. The molecule has 1 saturated carbocycles. The van der Waals surface area contributed by atoms with E-state index in [4.69, 9.17) is 4.74 Å². The Labute approximate surface area is 115 Å². The lowest BCUT2D eigenvalue weighted by Crippen LogP contribution is -2.25. The van der Waals surface area contributed by atoms with Crippen LogP contribution in [-0.2, 0) is 6.42 Å². The number of hydrogen-bond acceptors (Lipinski definition) is 2. The van der Waals surface area contributed by atoms with Gasteiger partial charge in [0.2, 0.25) is 0 Å². The molecule has 2 unspecified atom stereocenters. The van der Waals surface area contributed by atoms with Crippen LogP contribution in [0.4, 0.5) is 0 Å². The zero-order chi connectivity index (χ0) is 13.5. The fraction of sp³-hybridized carbons (Fsp3) is 0.647. The molecule has 0 amide bonds. The highest BCUT2D eigenvalue weighted by atomic mass is 16.5. The average molecular weight is 260 g/mol. The maximum Gasteiger partial charge on any atom is 0.123 e. The standard InChI is InChI=1S/C17H24O2/c1-3-17(8-4-5-9-17)16(18)13-6-7-15-14(11-13)10-12(2)19-15/h6-7,11-12,16,18H,3-5,8-10H2,1-2H3. The second-order valence-electron chi connectivity index (χ2n) is 6.33. The van der Waals surface area contributed by atoms with Crippen LogP contribution in [0.2, 0.25) is 0 Å². The third kappa shape index (κ3) is 2.16. The molecular formula is C17H24O2. The van der Waals surface area contributed by atoms with Crippen molar-refractivity contribution in [3.05, 3.63) is 29.3 Å². The topological polar surface area (TPSA) is 29.5 Å². The van der Waals surface area contributed by atoms with Crippen molar-refractivity contribution in [3.63, 3.8) is 0 Å². The number of aliphatic hydroxyl groups is 1. The smallest absolute Gasteiger partial charge is 0.123 e. The Kier molecular flexibility index (Phi) is 3.30. The minimum Gasteiger partial charge on any atom is -0.490 e. The van der Waals surface area contributed by atoms with Crippen molar-refractivity contribution in [2.45, 2.75) is 64.6 Å². The molecular weight excluding hydrogens is 236 g/mol. The molecule has 2 heteroatoms. The second kappa shape index (κ2) is 4.82. The Bertz CT molecular complexity index is 460. The van der Waals surface area contributed by atoms with Crippen molar-refractivity contribution in [2.75, 3.05) is 0 Å². The molecule has 1 aliphatic carbocycles. The fourth-order valence-electron chi connectivity index (χ4n) is 3.87. The van der Waals surface area contributed by atoms with Gasteiger partial charge in [-0.3, -0.25) is 0 Å². The van der Waals surface area contributed by atoms with Crippen LogP contribution in [0.15, 0.2) is 18.2 Å². The first-order valence-corrected chi connectivity index (χ1v) is 7.62. The SMILES string of the molecule is CCC1(C(O)c2ccc3c(c2)CC(C)O3)CCCC1. The number of benzene rings is 1. The minimum atomic E-state index is -0.318. The van der Waals surface area contributed by atoms with Gasteiger partial charge in [0.1, 0.15) is 11.9 Å². The van der Waals surface area contributed by atoms with Gasteiger partial charge in [0.05, 0.1) is 6.10 Å². The van der Waals surface area contributed by atoms with Crippen LogP contribution in [0.1, 0.15) is 63.2 Å². The highest BCUT2D eigenvalue weighted by molar-refractivity contribution is 5.41. The zero-order valence-corrected chi connectivity index (χ0v) is 12.0. The lowest BCUT2D eigenvalue weighted by Gasteiger charge is -2.33. The number of aliphatic hydroxyl groups excluding tert-OH is 1. The van der Waals surface area contributed by atoms with Gasteiger partial charge in [0, 0.05) is 11.8 Å². The van der Waals surface area contributed by atoms with Crippen molar-refractivity contribution in [2.24, 2.45) is 5.41 Å². The third-order valence-electron chi connectivity index (χ3n) is 5.12. The Morgan fingerprint density at radius 3 is 2.79 bits per heavy atom. The van der Waals surface area contributed by atoms with Crippen molar-refractivity contribution < 1.29 is 9.84 Å².